The molecule has 0 spiro atoms. The monoisotopic (exact) mass is 271 g/mol. The van der Waals surface area contributed by atoms with Crippen LogP contribution in [0, 0.1) is 17.2 Å². The summed E-state index contributed by atoms with van der Waals surface area (Å²) in [5.74, 6) is 0.452. The summed E-state index contributed by atoms with van der Waals surface area (Å²) in [6, 6.07) is 11.9. The highest BCUT2D eigenvalue weighted by Gasteiger charge is 2.17. The van der Waals surface area contributed by atoms with Crippen molar-refractivity contribution in [3.05, 3.63) is 46.2 Å². The van der Waals surface area contributed by atoms with Crippen LogP contribution >= 0.6 is 11.3 Å². The summed E-state index contributed by atoms with van der Waals surface area (Å²) in [6.45, 7) is 4.36. The normalized spacial score (nSPS) is 12.1. The first-order valence-corrected chi connectivity index (χ1v) is 7.09. The van der Waals surface area contributed by atoms with Gasteiger partial charge >= 0.3 is 0 Å². The molecule has 2 rings (SSSR count). The Balaban J connectivity index is 2.26. The fourth-order valence-electron chi connectivity index (χ4n) is 1.97. The van der Waals surface area contributed by atoms with Gasteiger partial charge in [-0.1, -0.05) is 19.9 Å². The number of nitrogen functional groups attached to an aromatic ring is 1. The van der Waals surface area contributed by atoms with E-state index in [1.807, 2.05) is 6.07 Å². The standard InChI is InChI=1S/C15H17N3S/c1-10(2)15(14-4-3-7-19-14)18-13-6-5-11(9-16)8-12(13)17/h3-8,10,15,18H,17H2,1-2H3. The first-order valence-electron chi connectivity index (χ1n) is 6.21. The molecule has 1 atom stereocenters. The van der Waals surface area contributed by atoms with E-state index in [0.29, 0.717) is 17.2 Å². The van der Waals surface area contributed by atoms with Gasteiger partial charge in [0.15, 0.2) is 0 Å². The van der Waals surface area contributed by atoms with Crippen LogP contribution in [0.2, 0.25) is 0 Å². The number of thiophene rings is 1. The maximum atomic E-state index is 8.85. The van der Waals surface area contributed by atoms with E-state index in [9.17, 15) is 0 Å². The second-order valence-electron chi connectivity index (χ2n) is 4.80. The summed E-state index contributed by atoms with van der Waals surface area (Å²) in [5.41, 5.74) is 8.07. The lowest BCUT2D eigenvalue weighted by Gasteiger charge is -2.23. The zero-order valence-electron chi connectivity index (χ0n) is 11.1. The number of benzene rings is 1. The van der Waals surface area contributed by atoms with Crippen molar-refractivity contribution in [2.24, 2.45) is 5.92 Å². The number of hydrogen-bond acceptors (Lipinski definition) is 4. The van der Waals surface area contributed by atoms with Crippen molar-refractivity contribution in [3.63, 3.8) is 0 Å². The Morgan fingerprint density at radius 3 is 2.63 bits per heavy atom. The topological polar surface area (TPSA) is 61.8 Å². The van der Waals surface area contributed by atoms with Crippen LogP contribution in [0.4, 0.5) is 11.4 Å². The molecular weight excluding hydrogens is 254 g/mol. The van der Waals surface area contributed by atoms with Crippen LogP contribution < -0.4 is 11.1 Å². The molecule has 0 amide bonds. The Labute approximate surface area is 117 Å². The third-order valence-electron chi connectivity index (χ3n) is 3.01. The van der Waals surface area contributed by atoms with E-state index in [2.05, 4.69) is 42.7 Å². The number of nitrogens with zero attached hydrogens (tertiary/aromatic N) is 1. The number of anilines is 2. The molecule has 0 bridgehead atoms. The molecule has 19 heavy (non-hydrogen) atoms. The quantitative estimate of drug-likeness (QED) is 0.826. The van der Waals surface area contributed by atoms with Crippen LogP contribution in [0.3, 0.4) is 0 Å². The van der Waals surface area contributed by atoms with Crippen LogP contribution in [0.25, 0.3) is 0 Å². The van der Waals surface area contributed by atoms with Gasteiger partial charge in [-0.2, -0.15) is 5.26 Å². The second kappa shape index (κ2) is 5.77. The van der Waals surface area contributed by atoms with Crippen molar-refractivity contribution < 1.29 is 0 Å². The molecule has 0 saturated carbocycles. The van der Waals surface area contributed by atoms with Crippen molar-refractivity contribution in [2.45, 2.75) is 19.9 Å². The van der Waals surface area contributed by atoms with Gasteiger partial charge in [0.2, 0.25) is 0 Å². The summed E-state index contributed by atoms with van der Waals surface area (Å²) in [4.78, 5) is 1.29. The number of rotatable bonds is 4. The third-order valence-corrected chi connectivity index (χ3v) is 3.96. The molecule has 2 aromatic rings. The van der Waals surface area contributed by atoms with Gasteiger partial charge in [-0.25, -0.2) is 0 Å². The highest BCUT2D eigenvalue weighted by atomic mass is 32.1. The zero-order chi connectivity index (χ0) is 13.8. The van der Waals surface area contributed by atoms with E-state index in [1.54, 1.807) is 23.5 Å². The molecule has 0 aliphatic carbocycles. The van der Waals surface area contributed by atoms with Crippen LogP contribution in [0.1, 0.15) is 30.3 Å². The van der Waals surface area contributed by atoms with Gasteiger partial charge in [0.25, 0.3) is 0 Å². The maximum Gasteiger partial charge on any atom is 0.0992 e. The van der Waals surface area contributed by atoms with Crippen molar-refractivity contribution >= 4 is 22.7 Å². The minimum atomic E-state index is 0.232. The number of nitriles is 1. The number of nitrogens with two attached hydrogens (primary N) is 1. The number of nitrogens with one attached hydrogen (secondary N) is 1. The van der Waals surface area contributed by atoms with Crippen molar-refractivity contribution in [2.75, 3.05) is 11.1 Å². The maximum absolute atomic E-state index is 8.85. The number of hydrogen-bond donors (Lipinski definition) is 2. The molecule has 4 heteroatoms. The summed E-state index contributed by atoms with van der Waals surface area (Å²) >= 11 is 1.74. The van der Waals surface area contributed by atoms with Gasteiger partial charge in [0.05, 0.1) is 29.0 Å². The van der Waals surface area contributed by atoms with E-state index in [-0.39, 0.29) is 6.04 Å². The van der Waals surface area contributed by atoms with Gasteiger partial charge in [0.1, 0.15) is 0 Å². The average molecular weight is 271 g/mol. The van der Waals surface area contributed by atoms with Crippen molar-refractivity contribution in [1.29, 1.82) is 5.26 Å². The Kier molecular flexibility index (Phi) is 4.08. The molecule has 3 N–H and O–H groups in total. The van der Waals surface area contributed by atoms with Gasteiger partial charge in [-0.05, 0) is 35.6 Å². The molecule has 1 heterocycles. The van der Waals surface area contributed by atoms with Crippen LogP contribution in [-0.2, 0) is 0 Å². The highest BCUT2D eigenvalue weighted by molar-refractivity contribution is 7.10. The molecule has 98 valence electrons. The summed E-state index contributed by atoms with van der Waals surface area (Å²) < 4.78 is 0. The first-order chi connectivity index (χ1) is 9.11. The third kappa shape index (κ3) is 3.07. The largest absolute Gasteiger partial charge is 0.397 e. The van der Waals surface area contributed by atoms with Gasteiger partial charge in [-0.3, -0.25) is 0 Å². The summed E-state index contributed by atoms with van der Waals surface area (Å²) in [5, 5.41) is 14.4. The lowest BCUT2D eigenvalue weighted by atomic mass is 10.0. The molecule has 1 aromatic heterocycles. The van der Waals surface area contributed by atoms with E-state index >= 15 is 0 Å². The Hall–Kier alpha value is -1.99. The van der Waals surface area contributed by atoms with Gasteiger partial charge in [0, 0.05) is 4.88 Å². The minimum Gasteiger partial charge on any atom is -0.397 e. The summed E-state index contributed by atoms with van der Waals surface area (Å²) in [6.07, 6.45) is 0. The van der Waals surface area contributed by atoms with Crippen molar-refractivity contribution in [1.82, 2.24) is 0 Å². The predicted molar refractivity (Wildman–Crippen MR) is 81.1 cm³/mol. The molecule has 0 aliphatic rings. The smallest absolute Gasteiger partial charge is 0.0992 e. The molecule has 0 fully saturated rings. The van der Waals surface area contributed by atoms with E-state index in [0.717, 1.165) is 5.69 Å². The van der Waals surface area contributed by atoms with Crippen LogP contribution in [0.5, 0.6) is 0 Å². The van der Waals surface area contributed by atoms with E-state index in [4.69, 9.17) is 11.0 Å². The molecular formula is C15H17N3S. The SMILES string of the molecule is CC(C)C(Nc1ccc(C#N)cc1N)c1cccs1. The van der Waals surface area contributed by atoms with Crippen LogP contribution in [0.15, 0.2) is 35.7 Å². The fourth-order valence-corrected chi connectivity index (χ4v) is 2.91. The molecule has 1 aromatic carbocycles. The molecule has 0 radical (unpaired) electrons. The Bertz CT molecular complexity index is 582. The fraction of sp³-hybridized carbons (Fsp3) is 0.267. The second-order valence-corrected chi connectivity index (χ2v) is 5.77. The predicted octanol–water partition coefficient (Wildman–Crippen LogP) is 4.01. The van der Waals surface area contributed by atoms with Gasteiger partial charge in [-0.15, -0.1) is 11.3 Å². The zero-order valence-corrected chi connectivity index (χ0v) is 11.9. The molecule has 0 saturated heterocycles. The molecule has 3 nitrogen and oxygen atoms in total. The van der Waals surface area contributed by atoms with E-state index < -0.39 is 0 Å². The first kappa shape index (κ1) is 13.4. The van der Waals surface area contributed by atoms with Gasteiger partial charge < -0.3 is 11.1 Å². The molecule has 1 unspecified atom stereocenters. The average Bonchev–Trinajstić information content (AvgIpc) is 2.90. The van der Waals surface area contributed by atoms with Crippen LogP contribution in [-0.4, -0.2) is 0 Å². The molecule has 0 aliphatic heterocycles. The van der Waals surface area contributed by atoms with Crippen molar-refractivity contribution in [3.8, 4) is 6.07 Å². The Morgan fingerprint density at radius 2 is 2.11 bits per heavy atom. The summed E-state index contributed by atoms with van der Waals surface area (Å²) in [7, 11) is 0. The lowest BCUT2D eigenvalue weighted by molar-refractivity contribution is 0.554. The minimum absolute atomic E-state index is 0.232. The lowest BCUT2D eigenvalue weighted by Crippen LogP contribution is -2.16. The highest BCUT2D eigenvalue weighted by Crippen LogP contribution is 2.32. The van der Waals surface area contributed by atoms with E-state index in [1.165, 1.54) is 4.88 Å². The Morgan fingerprint density at radius 1 is 1.32 bits per heavy atom.